The second-order valence-corrected chi connectivity index (χ2v) is 7.32. The van der Waals surface area contributed by atoms with Crippen molar-refractivity contribution < 1.29 is 9.07 Å². The molecule has 1 aromatic heterocycles. The van der Waals surface area contributed by atoms with Gasteiger partial charge in [0.2, 0.25) is 0 Å². The van der Waals surface area contributed by atoms with E-state index < -0.39 is 5.91 Å². The summed E-state index contributed by atoms with van der Waals surface area (Å²) in [7, 11) is 0. The predicted molar refractivity (Wildman–Crippen MR) is 120 cm³/mol. The van der Waals surface area contributed by atoms with Crippen molar-refractivity contribution >= 4 is 23.0 Å². The van der Waals surface area contributed by atoms with Gasteiger partial charge in [0.1, 0.15) is 5.71 Å². The third-order valence-corrected chi connectivity index (χ3v) is 4.86. The molecule has 3 aromatic rings. The van der Waals surface area contributed by atoms with E-state index in [2.05, 4.69) is 40.0 Å². The van der Waals surface area contributed by atoms with Crippen molar-refractivity contribution in [1.82, 2.24) is 15.1 Å². The van der Waals surface area contributed by atoms with Gasteiger partial charge in [-0.2, -0.15) is 5.10 Å². The Bertz CT molecular complexity index is 1050. The normalized spacial score (nSPS) is 13.2. The van der Waals surface area contributed by atoms with Crippen LogP contribution in [0.25, 0.3) is 0 Å². The molecular formula is C22H30N6O. The highest BCUT2D eigenvalue weighted by Crippen LogP contribution is 2.19. The van der Waals surface area contributed by atoms with E-state index in [-0.39, 0.29) is 9.99 Å². The van der Waals surface area contributed by atoms with E-state index in [1.54, 1.807) is 41.3 Å². The molecule has 1 aliphatic rings. The van der Waals surface area contributed by atoms with Crippen LogP contribution in [0.2, 0.25) is 0 Å². The second kappa shape index (κ2) is 8.28. The Morgan fingerprint density at radius 3 is 2.79 bits per heavy atom. The largest absolute Gasteiger partial charge is 0.398 e. The molecule has 0 radical (unpaired) electrons. The summed E-state index contributed by atoms with van der Waals surface area (Å²) in [6, 6.07) is 15.9. The summed E-state index contributed by atoms with van der Waals surface area (Å²) >= 11 is 0. The molecule has 0 atom stereocenters. The minimum absolute atomic E-state index is 0. The number of hydrogen-bond donors (Lipinski definition) is 4. The van der Waals surface area contributed by atoms with Crippen molar-refractivity contribution in [2.45, 2.75) is 32.0 Å². The van der Waals surface area contributed by atoms with Crippen LogP contribution in [0.3, 0.4) is 0 Å². The third kappa shape index (κ3) is 4.89. The average Bonchev–Trinajstić information content (AvgIpc) is 3.46. The van der Waals surface area contributed by atoms with Crippen LogP contribution < -0.4 is 16.4 Å². The number of benzene rings is 2. The molecular weight excluding hydrogens is 364 g/mol. The first kappa shape index (κ1) is 18.9. The monoisotopic (exact) mass is 394 g/mol. The second-order valence-electron chi connectivity index (χ2n) is 7.32. The Morgan fingerprint density at radius 1 is 1.21 bits per heavy atom. The number of hydrogen-bond acceptors (Lipinski definition) is 5. The summed E-state index contributed by atoms with van der Waals surface area (Å²) in [5.74, 6) is -0.518. The number of nitrogens with zero attached hydrogens (tertiary/aromatic N) is 2. The van der Waals surface area contributed by atoms with E-state index in [4.69, 9.17) is 11.1 Å². The van der Waals surface area contributed by atoms with E-state index in [0.29, 0.717) is 29.5 Å². The first-order valence-corrected chi connectivity index (χ1v) is 9.67. The van der Waals surface area contributed by atoms with Crippen LogP contribution in [0.4, 0.5) is 11.4 Å². The number of nitrogens with two attached hydrogens (primary N) is 1. The molecule has 0 bridgehead atoms. The quantitative estimate of drug-likeness (QED) is 0.346. The van der Waals surface area contributed by atoms with Gasteiger partial charge in [-0.1, -0.05) is 42.5 Å². The maximum absolute atomic E-state index is 12.4. The van der Waals surface area contributed by atoms with E-state index in [9.17, 15) is 4.79 Å². The molecule has 5 N–H and O–H groups in total. The number of aromatic nitrogens is 2. The Hall–Kier alpha value is -3.45. The molecule has 7 nitrogen and oxygen atoms in total. The van der Waals surface area contributed by atoms with Crippen molar-refractivity contribution in [2.24, 2.45) is 0 Å². The van der Waals surface area contributed by atoms with Gasteiger partial charge in [0, 0.05) is 34.3 Å². The van der Waals surface area contributed by atoms with Crippen LogP contribution in [-0.4, -0.2) is 27.4 Å². The highest BCUT2D eigenvalue weighted by Gasteiger charge is 2.20. The standard InChI is InChI=1S/C22H24N6O.3H2/c23-20-7-2-1-6-19(20)21(24)22(29)27-18-12-26-28(14-18)13-16-5-3-4-15(10-16)11-25-17-8-9-17;;;/h1-7,10,12,14,17,24-25H,8-9,11,13,23H2,(H,27,29);3*1H. The summed E-state index contributed by atoms with van der Waals surface area (Å²) in [5, 5.41) is 18.6. The number of amides is 1. The molecule has 154 valence electrons. The number of anilines is 2. The minimum atomic E-state index is -0.518. The first-order chi connectivity index (χ1) is 14.1. The molecule has 0 aliphatic heterocycles. The molecule has 2 aromatic carbocycles. The molecule has 0 spiro atoms. The van der Waals surface area contributed by atoms with Gasteiger partial charge in [0.15, 0.2) is 0 Å². The molecule has 0 saturated heterocycles. The maximum atomic E-state index is 12.4. The number of carbonyl (C=O) groups is 1. The fourth-order valence-electron chi connectivity index (χ4n) is 3.13. The molecule has 29 heavy (non-hydrogen) atoms. The Balaban J connectivity index is 0.00000171. The molecule has 4 rings (SSSR count). The van der Waals surface area contributed by atoms with Crippen molar-refractivity contribution in [2.75, 3.05) is 11.1 Å². The summed E-state index contributed by atoms with van der Waals surface area (Å²) < 4.78 is 1.77. The number of para-hydroxylation sites is 1. The van der Waals surface area contributed by atoms with E-state index in [0.717, 1.165) is 12.1 Å². The first-order valence-electron chi connectivity index (χ1n) is 9.67. The Kier molecular flexibility index (Phi) is 5.39. The van der Waals surface area contributed by atoms with Gasteiger partial charge in [-0.15, -0.1) is 0 Å². The lowest BCUT2D eigenvalue weighted by Crippen LogP contribution is -2.23. The zero-order chi connectivity index (χ0) is 20.2. The molecule has 7 heteroatoms. The SMILES string of the molecule is N=C(C(=O)Nc1cnn(Cc2cccc(CNC3CC3)c2)c1)c1ccccc1N.[HH].[HH].[HH]. The highest BCUT2D eigenvalue weighted by atomic mass is 16.1. The maximum Gasteiger partial charge on any atom is 0.274 e. The van der Waals surface area contributed by atoms with Crippen LogP contribution >= 0.6 is 0 Å². The van der Waals surface area contributed by atoms with Crippen LogP contribution in [0.5, 0.6) is 0 Å². The molecule has 1 heterocycles. The van der Waals surface area contributed by atoms with Gasteiger partial charge < -0.3 is 16.4 Å². The fourth-order valence-corrected chi connectivity index (χ4v) is 3.13. The predicted octanol–water partition coefficient (Wildman–Crippen LogP) is 3.51. The lowest BCUT2D eigenvalue weighted by molar-refractivity contribution is -0.110. The van der Waals surface area contributed by atoms with Crippen LogP contribution in [0, 0.1) is 5.41 Å². The van der Waals surface area contributed by atoms with Crippen molar-refractivity contribution in [3.63, 3.8) is 0 Å². The Labute approximate surface area is 173 Å². The van der Waals surface area contributed by atoms with Gasteiger partial charge in [0.25, 0.3) is 5.91 Å². The van der Waals surface area contributed by atoms with Gasteiger partial charge in [-0.05, 0) is 30.0 Å². The summed E-state index contributed by atoms with van der Waals surface area (Å²) in [6.07, 6.45) is 5.89. The molecule has 1 saturated carbocycles. The van der Waals surface area contributed by atoms with Crippen molar-refractivity contribution in [3.05, 3.63) is 77.6 Å². The van der Waals surface area contributed by atoms with Gasteiger partial charge in [0.05, 0.1) is 18.4 Å². The van der Waals surface area contributed by atoms with Gasteiger partial charge in [-0.3, -0.25) is 14.9 Å². The summed E-state index contributed by atoms with van der Waals surface area (Å²) in [6.45, 7) is 1.49. The van der Waals surface area contributed by atoms with Crippen molar-refractivity contribution in [1.29, 1.82) is 5.41 Å². The lowest BCUT2D eigenvalue weighted by atomic mass is 10.1. The topological polar surface area (TPSA) is 109 Å². The third-order valence-electron chi connectivity index (χ3n) is 4.86. The number of nitrogen functional groups attached to an aromatic ring is 1. The van der Waals surface area contributed by atoms with Crippen LogP contribution in [0.1, 0.15) is 33.8 Å². The zero-order valence-corrected chi connectivity index (χ0v) is 16.1. The smallest absolute Gasteiger partial charge is 0.274 e. The average molecular weight is 395 g/mol. The summed E-state index contributed by atoms with van der Waals surface area (Å²) in [4.78, 5) is 12.4. The number of rotatable bonds is 8. The number of carbonyl (C=O) groups excluding carboxylic acids is 1. The zero-order valence-electron chi connectivity index (χ0n) is 16.1. The van der Waals surface area contributed by atoms with E-state index in [1.807, 2.05) is 0 Å². The molecule has 1 aliphatic carbocycles. The minimum Gasteiger partial charge on any atom is -0.398 e. The molecule has 0 unspecified atom stereocenters. The summed E-state index contributed by atoms with van der Waals surface area (Å²) in [5.41, 5.74) is 9.43. The molecule has 1 amide bonds. The molecule has 1 fully saturated rings. The fraction of sp³-hybridized carbons (Fsp3) is 0.227. The number of nitrogens with one attached hydrogen (secondary N) is 3. The Morgan fingerprint density at radius 2 is 2.00 bits per heavy atom. The van der Waals surface area contributed by atoms with Crippen LogP contribution in [-0.2, 0) is 17.9 Å². The highest BCUT2D eigenvalue weighted by molar-refractivity contribution is 6.48. The van der Waals surface area contributed by atoms with Gasteiger partial charge >= 0.3 is 0 Å². The van der Waals surface area contributed by atoms with Gasteiger partial charge in [-0.25, -0.2) is 0 Å². The van der Waals surface area contributed by atoms with E-state index in [1.165, 1.54) is 18.4 Å². The lowest BCUT2D eigenvalue weighted by Gasteiger charge is -2.07. The van der Waals surface area contributed by atoms with E-state index >= 15 is 0 Å². The van der Waals surface area contributed by atoms with Crippen LogP contribution in [0.15, 0.2) is 60.9 Å². The van der Waals surface area contributed by atoms with Crippen molar-refractivity contribution in [3.8, 4) is 0 Å².